The second-order valence-corrected chi connectivity index (χ2v) is 6.06. The van der Waals surface area contributed by atoms with E-state index in [1.54, 1.807) is 12.1 Å². The van der Waals surface area contributed by atoms with Crippen molar-refractivity contribution in [3.8, 4) is 11.8 Å². The van der Waals surface area contributed by atoms with Crippen LogP contribution in [0.5, 0.6) is 5.75 Å². The van der Waals surface area contributed by atoms with Crippen molar-refractivity contribution in [3.05, 3.63) is 29.8 Å². The molecule has 2 N–H and O–H groups in total. The molecule has 0 aliphatic rings. The zero-order chi connectivity index (χ0) is 15.2. The van der Waals surface area contributed by atoms with Crippen LogP contribution in [-0.2, 0) is 14.1 Å². The van der Waals surface area contributed by atoms with Crippen LogP contribution in [0.2, 0.25) is 0 Å². The summed E-state index contributed by atoms with van der Waals surface area (Å²) in [5, 5.41) is 20.0. The Morgan fingerprint density at radius 3 is 2.85 bits per heavy atom. The predicted octanol–water partition coefficient (Wildman–Crippen LogP) is 1.80. The van der Waals surface area contributed by atoms with Gasteiger partial charge in [-0.3, -0.25) is 9.36 Å². The fraction of sp³-hybridized carbons (Fsp3) is 0.333. The highest BCUT2D eigenvalue weighted by Gasteiger charge is 2.29. The Balaban J connectivity index is 2.93. The first-order chi connectivity index (χ1) is 9.40. The summed E-state index contributed by atoms with van der Waals surface area (Å²) in [6.45, 7) is 1.35. The Hall–Kier alpha value is -1.87. The molecule has 0 aliphatic heterocycles. The third-order valence-electron chi connectivity index (χ3n) is 2.28. The molecule has 1 aromatic carbocycles. The van der Waals surface area contributed by atoms with E-state index in [-0.39, 0.29) is 12.1 Å². The van der Waals surface area contributed by atoms with Crippen LogP contribution in [0.1, 0.15) is 12.5 Å². The van der Waals surface area contributed by atoms with Crippen molar-refractivity contribution in [1.29, 1.82) is 5.26 Å². The first-order valence-electron chi connectivity index (χ1n) is 5.68. The maximum absolute atomic E-state index is 12.5. The van der Waals surface area contributed by atoms with E-state index in [2.05, 4.69) is 5.09 Å². The van der Waals surface area contributed by atoms with Gasteiger partial charge in [0.15, 0.2) is 0 Å². The van der Waals surface area contributed by atoms with Gasteiger partial charge in [-0.15, -0.1) is 0 Å². The van der Waals surface area contributed by atoms with E-state index in [1.807, 2.05) is 6.07 Å². The zero-order valence-corrected chi connectivity index (χ0v) is 12.0. The second-order valence-electron chi connectivity index (χ2n) is 4.01. The van der Waals surface area contributed by atoms with E-state index in [4.69, 9.17) is 19.6 Å². The standard InChI is InChI=1S/C12H15N2O5P/c1-9(12(15)16)14-20(17,8-18-2)19-11-5-3-4-10(6-11)7-13/h3-6,9H,8H2,1-2H3,(H,14,17)(H,15,16)/t9-,20?/m0/s1. The quantitative estimate of drug-likeness (QED) is 0.739. The Labute approximate surface area is 116 Å². The maximum Gasteiger partial charge on any atom is 0.342 e. The van der Waals surface area contributed by atoms with Crippen molar-refractivity contribution < 1.29 is 23.7 Å². The SMILES string of the molecule is COCP(=O)(N[C@@H](C)C(=O)O)Oc1cccc(C#N)c1. The van der Waals surface area contributed by atoms with Gasteiger partial charge >= 0.3 is 13.5 Å². The summed E-state index contributed by atoms with van der Waals surface area (Å²) < 4.78 is 22.6. The first kappa shape index (κ1) is 16.2. The van der Waals surface area contributed by atoms with Gasteiger partial charge in [0.05, 0.1) is 11.6 Å². The summed E-state index contributed by atoms with van der Waals surface area (Å²) in [6, 6.07) is 6.95. The van der Waals surface area contributed by atoms with Crippen molar-refractivity contribution in [2.45, 2.75) is 13.0 Å². The molecule has 0 radical (unpaired) electrons. The molecule has 108 valence electrons. The number of methoxy groups -OCH3 is 1. The second kappa shape index (κ2) is 7.06. The number of nitrogens with zero attached hydrogens (tertiary/aromatic N) is 1. The van der Waals surface area contributed by atoms with Crippen LogP contribution in [0.3, 0.4) is 0 Å². The molecule has 0 amide bonds. The van der Waals surface area contributed by atoms with Gasteiger partial charge in [-0.05, 0) is 25.1 Å². The molecule has 0 aliphatic carbocycles. The highest BCUT2D eigenvalue weighted by molar-refractivity contribution is 7.57. The molecular weight excluding hydrogens is 283 g/mol. The van der Waals surface area contributed by atoms with Crippen molar-refractivity contribution in [2.75, 3.05) is 13.5 Å². The lowest BCUT2D eigenvalue weighted by Gasteiger charge is -2.21. The maximum atomic E-state index is 12.5. The lowest BCUT2D eigenvalue weighted by atomic mass is 10.2. The Morgan fingerprint density at radius 1 is 1.60 bits per heavy atom. The lowest BCUT2D eigenvalue weighted by Crippen LogP contribution is -2.33. The molecule has 0 bridgehead atoms. The molecule has 0 saturated carbocycles. The Morgan fingerprint density at radius 2 is 2.30 bits per heavy atom. The van der Waals surface area contributed by atoms with Gasteiger partial charge in [-0.25, -0.2) is 5.09 Å². The molecule has 2 atom stereocenters. The van der Waals surface area contributed by atoms with E-state index in [9.17, 15) is 9.36 Å². The van der Waals surface area contributed by atoms with Crippen molar-refractivity contribution in [3.63, 3.8) is 0 Å². The number of ether oxygens (including phenoxy) is 1. The average molecular weight is 298 g/mol. The van der Waals surface area contributed by atoms with Crippen LogP contribution in [-0.4, -0.2) is 30.6 Å². The number of benzene rings is 1. The summed E-state index contributed by atoms with van der Waals surface area (Å²) >= 11 is 0. The molecular formula is C12H15N2O5P. The third kappa shape index (κ3) is 4.67. The largest absolute Gasteiger partial charge is 0.480 e. The number of nitriles is 1. The van der Waals surface area contributed by atoms with Gasteiger partial charge in [0.1, 0.15) is 18.1 Å². The number of rotatable bonds is 7. The van der Waals surface area contributed by atoms with E-state index >= 15 is 0 Å². The number of carboxylic acid groups (broad SMARTS) is 1. The summed E-state index contributed by atoms with van der Waals surface area (Å²) in [5.74, 6) is -0.953. The smallest absolute Gasteiger partial charge is 0.342 e. The van der Waals surface area contributed by atoms with Crippen LogP contribution in [0.15, 0.2) is 24.3 Å². The molecule has 0 saturated heterocycles. The summed E-state index contributed by atoms with van der Waals surface area (Å²) in [7, 11) is -2.22. The number of hydrogen-bond acceptors (Lipinski definition) is 5. The first-order valence-corrected chi connectivity index (χ1v) is 7.49. The van der Waals surface area contributed by atoms with E-state index in [1.165, 1.54) is 26.2 Å². The number of aliphatic carboxylic acids is 1. The lowest BCUT2D eigenvalue weighted by molar-refractivity contribution is -0.138. The van der Waals surface area contributed by atoms with Crippen molar-refractivity contribution in [1.82, 2.24) is 5.09 Å². The number of nitrogens with one attached hydrogen (secondary N) is 1. The monoisotopic (exact) mass is 298 g/mol. The summed E-state index contributed by atoms with van der Waals surface area (Å²) in [4.78, 5) is 10.8. The highest BCUT2D eigenvalue weighted by atomic mass is 31.2. The van der Waals surface area contributed by atoms with Crippen molar-refractivity contribution in [2.24, 2.45) is 0 Å². The number of carboxylic acids is 1. The van der Waals surface area contributed by atoms with Crippen LogP contribution in [0.25, 0.3) is 0 Å². The van der Waals surface area contributed by atoms with E-state index in [0.29, 0.717) is 5.56 Å². The number of carbonyl (C=O) groups is 1. The van der Waals surface area contributed by atoms with Gasteiger partial charge in [-0.2, -0.15) is 5.26 Å². The minimum atomic E-state index is -3.54. The van der Waals surface area contributed by atoms with Gasteiger partial charge in [0, 0.05) is 7.11 Å². The van der Waals surface area contributed by atoms with Crippen LogP contribution in [0.4, 0.5) is 0 Å². The molecule has 1 aromatic rings. The summed E-state index contributed by atoms with van der Waals surface area (Å²) in [5.41, 5.74) is 0.345. The minimum Gasteiger partial charge on any atom is -0.480 e. The molecule has 8 heteroatoms. The molecule has 7 nitrogen and oxygen atoms in total. The van der Waals surface area contributed by atoms with Crippen molar-refractivity contribution >= 4 is 13.5 Å². The van der Waals surface area contributed by atoms with Gasteiger partial charge < -0.3 is 14.4 Å². The average Bonchev–Trinajstić information content (AvgIpc) is 2.38. The van der Waals surface area contributed by atoms with E-state index in [0.717, 1.165) is 0 Å². The fourth-order valence-corrected chi connectivity index (χ4v) is 3.08. The normalized spacial score (nSPS) is 14.8. The molecule has 1 rings (SSSR count). The Kier molecular flexibility index (Phi) is 5.71. The predicted molar refractivity (Wildman–Crippen MR) is 71.5 cm³/mol. The molecule has 0 aromatic heterocycles. The molecule has 0 fully saturated rings. The minimum absolute atomic E-state index is 0.203. The summed E-state index contributed by atoms with van der Waals surface area (Å²) in [6.07, 6.45) is -0.290. The zero-order valence-electron chi connectivity index (χ0n) is 11.1. The molecule has 20 heavy (non-hydrogen) atoms. The van der Waals surface area contributed by atoms with Gasteiger partial charge in [0.25, 0.3) is 0 Å². The Bertz CT molecular complexity index is 569. The molecule has 0 heterocycles. The fourth-order valence-electron chi connectivity index (χ4n) is 1.40. The van der Waals surface area contributed by atoms with Gasteiger partial charge in [-0.1, -0.05) is 6.07 Å². The van der Waals surface area contributed by atoms with Crippen LogP contribution >= 0.6 is 7.52 Å². The van der Waals surface area contributed by atoms with Crippen LogP contribution in [0, 0.1) is 11.3 Å². The number of hydrogen-bond donors (Lipinski definition) is 2. The molecule has 1 unspecified atom stereocenters. The van der Waals surface area contributed by atoms with E-state index < -0.39 is 19.5 Å². The van der Waals surface area contributed by atoms with Crippen LogP contribution < -0.4 is 9.61 Å². The van der Waals surface area contributed by atoms with Gasteiger partial charge in [0.2, 0.25) is 0 Å². The highest BCUT2D eigenvalue weighted by Crippen LogP contribution is 2.43. The topological polar surface area (TPSA) is 109 Å². The third-order valence-corrected chi connectivity index (χ3v) is 4.16. The molecule has 0 spiro atoms.